The molecule has 0 unspecified atom stereocenters. The summed E-state index contributed by atoms with van der Waals surface area (Å²) < 4.78 is 71.7. The third kappa shape index (κ3) is 5.37. The molecule has 2 heterocycles. The molecule has 42 heavy (non-hydrogen) atoms. The maximum atomic E-state index is 13.8. The Morgan fingerprint density at radius 2 is 1.76 bits per heavy atom. The van der Waals surface area contributed by atoms with Crippen LogP contribution in [0.1, 0.15) is 30.4 Å². The second-order valence-electron chi connectivity index (χ2n) is 10.5. The number of hydrogen-bond acceptors (Lipinski definition) is 7. The molecule has 13 heteroatoms. The van der Waals surface area contributed by atoms with Crippen molar-refractivity contribution in [2.45, 2.75) is 42.5 Å². The fraction of sp³-hybridized carbons (Fsp3) is 0.241. The zero-order chi connectivity index (χ0) is 29.6. The van der Waals surface area contributed by atoms with Crippen LogP contribution in [0.25, 0.3) is 0 Å². The Balaban J connectivity index is 1.29. The Morgan fingerprint density at radius 1 is 1.02 bits per heavy atom. The Morgan fingerprint density at radius 3 is 2.50 bits per heavy atom. The zero-order valence-corrected chi connectivity index (χ0v) is 23.8. The molecule has 0 bridgehead atoms. The monoisotopic (exact) mass is 610 g/mol. The average molecular weight is 611 g/mol. The summed E-state index contributed by atoms with van der Waals surface area (Å²) in [6.07, 6.45) is 2.04. The highest BCUT2D eigenvalue weighted by Crippen LogP contribution is 2.42. The third-order valence-electron chi connectivity index (χ3n) is 7.66. The number of aliphatic hydroxyl groups excluding tert-OH is 1. The van der Waals surface area contributed by atoms with Crippen LogP contribution in [0.3, 0.4) is 0 Å². The van der Waals surface area contributed by atoms with Crippen LogP contribution in [-0.4, -0.2) is 44.6 Å². The number of amidine groups is 1. The van der Waals surface area contributed by atoms with Crippen molar-refractivity contribution in [3.63, 3.8) is 0 Å². The highest BCUT2D eigenvalue weighted by Gasteiger charge is 2.46. The van der Waals surface area contributed by atoms with Gasteiger partial charge in [-0.1, -0.05) is 48.9 Å². The Hall–Kier alpha value is -4.23. The van der Waals surface area contributed by atoms with Crippen LogP contribution in [0.4, 0.5) is 15.8 Å². The molecule has 0 aromatic heterocycles. The van der Waals surface area contributed by atoms with Crippen molar-refractivity contribution >= 4 is 43.2 Å². The largest absolute Gasteiger partial charge is 0.511 e. The van der Waals surface area contributed by atoms with Crippen LogP contribution in [0, 0.1) is 11.7 Å². The van der Waals surface area contributed by atoms with Crippen molar-refractivity contribution < 1.29 is 31.1 Å². The van der Waals surface area contributed by atoms with Gasteiger partial charge in [-0.15, -0.1) is 4.40 Å². The predicted molar refractivity (Wildman–Crippen MR) is 155 cm³/mol. The van der Waals surface area contributed by atoms with E-state index in [0.717, 1.165) is 12.5 Å². The van der Waals surface area contributed by atoms with E-state index in [9.17, 15) is 31.1 Å². The highest BCUT2D eigenvalue weighted by molar-refractivity contribution is 7.92. The maximum absolute atomic E-state index is 13.8. The second-order valence-corrected chi connectivity index (χ2v) is 13.8. The molecule has 3 aliphatic rings. The number of nitrogens with zero attached hydrogens (tertiary/aromatic N) is 2. The number of amides is 1. The first kappa shape index (κ1) is 27.9. The van der Waals surface area contributed by atoms with E-state index >= 15 is 0 Å². The zero-order valence-electron chi connectivity index (χ0n) is 22.2. The van der Waals surface area contributed by atoms with Crippen LogP contribution >= 0.6 is 0 Å². The number of carbonyl (C=O) groups is 1. The number of benzene rings is 3. The standard InChI is InChI=1S/C29H27FN4O6S2/c30-20-11-9-18(10-12-20)16-34-24-8-4-7-22(24)27(35)26(29(34)36)28-31-23-14-13-21(15-25(23)42(39,40)33-28)32-41(37,38)17-19-5-2-1-3-6-19/h1-3,5-6,9-15,22,24,32,35H,4,7-8,16-17H2,(H,31,33)/t22-,24+/m1/s1. The molecule has 218 valence electrons. The predicted octanol–water partition coefficient (Wildman–Crippen LogP) is 4.30. The van der Waals surface area contributed by atoms with Crippen molar-refractivity contribution in [3.8, 4) is 0 Å². The Kier molecular flexibility index (Phi) is 7.01. The lowest BCUT2D eigenvalue weighted by Gasteiger charge is -2.39. The van der Waals surface area contributed by atoms with E-state index in [-0.39, 0.29) is 51.8 Å². The summed E-state index contributed by atoms with van der Waals surface area (Å²) in [7, 11) is -8.24. The number of nitrogens with one attached hydrogen (secondary N) is 2. The van der Waals surface area contributed by atoms with Gasteiger partial charge in [0, 0.05) is 24.2 Å². The van der Waals surface area contributed by atoms with Crippen molar-refractivity contribution in [3.05, 3.63) is 101 Å². The van der Waals surface area contributed by atoms with E-state index in [1.165, 1.54) is 24.3 Å². The quantitative estimate of drug-likeness (QED) is 0.362. The molecule has 3 aromatic carbocycles. The molecule has 3 aromatic rings. The summed E-state index contributed by atoms with van der Waals surface area (Å²) in [5.74, 6) is -2.21. The first-order valence-corrected chi connectivity index (χ1v) is 16.4. The minimum absolute atomic E-state index is 0.0313. The van der Waals surface area contributed by atoms with E-state index in [0.29, 0.717) is 24.0 Å². The number of anilines is 2. The lowest BCUT2D eigenvalue weighted by atomic mass is 9.89. The van der Waals surface area contributed by atoms with Crippen molar-refractivity contribution in [1.29, 1.82) is 0 Å². The van der Waals surface area contributed by atoms with Crippen molar-refractivity contribution in [2.24, 2.45) is 10.3 Å². The van der Waals surface area contributed by atoms with E-state index in [1.807, 2.05) is 0 Å². The number of carbonyl (C=O) groups excluding carboxylic acids is 1. The molecular formula is C29H27FN4O6S2. The van der Waals surface area contributed by atoms with Gasteiger partial charge in [0.05, 0.1) is 11.4 Å². The molecule has 2 aliphatic heterocycles. The Labute approximate surface area is 242 Å². The summed E-state index contributed by atoms with van der Waals surface area (Å²) in [6.45, 7) is 0.153. The molecule has 1 fully saturated rings. The molecule has 3 N–H and O–H groups in total. The van der Waals surface area contributed by atoms with Crippen LogP contribution < -0.4 is 10.0 Å². The molecule has 1 amide bonds. The number of hydrogen-bond donors (Lipinski definition) is 3. The van der Waals surface area contributed by atoms with Crippen LogP contribution in [0.2, 0.25) is 0 Å². The summed E-state index contributed by atoms with van der Waals surface area (Å²) >= 11 is 0. The number of aliphatic hydroxyl groups is 1. The van der Waals surface area contributed by atoms with Crippen LogP contribution in [0.15, 0.2) is 93.4 Å². The average Bonchev–Trinajstić information content (AvgIpc) is 3.43. The van der Waals surface area contributed by atoms with Gasteiger partial charge in [-0.25, -0.2) is 12.8 Å². The lowest BCUT2D eigenvalue weighted by Crippen LogP contribution is -2.49. The van der Waals surface area contributed by atoms with Gasteiger partial charge in [-0.2, -0.15) is 8.42 Å². The smallest absolute Gasteiger partial charge is 0.286 e. The number of halogens is 1. The first-order chi connectivity index (χ1) is 20.0. The third-order valence-corrected chi connectivity index (χ3v) is 10.2. The van der Waals surface area contributed by atoms with Gasteiger partial charge in [0.1, 0.15) is 22.0 Å². The van der Waals surface area contributed by atoms with Crippen molar-refractivity contribution in [1.82, 2.24) is 4.90 Å². The van der Waals surface area contributed by atoms with Crippen LogP contribution in [0.5, 0.6) is 0 Å². The summed E-state index contributed by atoms with van der Waals surface area (Å²) in [6, 6.07) is 18.0. The summed E-state index contributed by atoms with van der Waals surface area (Å²) in [5.41, 5.74) is 1.13. The van der Waals surface area contributed by atoms with Gasteiger partial charge in [0.2, 0.25) is 10.0 Å². The molecule has 1 aliphatic carbocycles. The van der Waals surface area contributed by atoms with Crippen LogP contribution in [-0.2, 0) is 37.1 Å². The van der Waals surface area contributed by atoms with Gasteiger partial charge in [-0.3, -0.25) is 9.52 Å². The first-order valence-electron chi connectivity index (χ1n) is 13.3. The lowest BCUT2D eigenvalue weighted by molar-refractivity contribution is -0.132. The minimum Gasteiger partial charge on any atom is -0.511 e. The number of sulfonamides is 2. The van der Waals surface area contributed by atoms with Gasteiger partial charge < -0.3 is 15.3 Å². The fourth-order valence-electron chi connectivity index (χ4n) is 5.76. The highest BCUT2D eigenvalue weighted by atomic mass is 32.2. The molecule has 6 rings (SSSR count). The molecule has 0 radical (unpaired) electrons. The molecule has 1 saturated carbocycles. The summed E-state index contributed by atoms with van der Waals surface area (Å²) in [4.78, 5) is 15.1. The molecular weight excluding hydrogens is 583 g/mol. The minimum atomic E-state index is -4.39. The fourth-order valence-corrected chi connectivity index (χ4v) is 8.10. The molecule has 0 spiro atoms. The van der Waals surface area contributed by atoms with E-state index in [2.05, 4.69) is 14.4 Å². The van der Waals surface area contributed by atoms with Gasteiger partial charge >= 0.3 is 0 Å². The van der Waals surface area contributed by atoms with E-state index < -0.39 is 37.7 Å². The second kappa shape index (κ2) is 10.6. The maximum Gasteiger partial charge on any atom is 0.286 e. The SMILES string of the molecule is O=C1C(C2=NS(=O)(=O)c3cc(NS(=O)(=O)Cc4ccccc4)ccc3N2)=C(O)[C@@H]2CCC[C@@H]2N1Cc1ccc(F)cc1. The van der Waals surface area contributed by atoms with Gasteiger partial charge in [-0.05, 0) is 54.3 Å². The molecule has 2 atom stereocenters. The molecule has 10 nitrogen and oxygen atoms in total. The van der Waals surface area contributed by atoms with E-state index in [1.54, 1.807) is 47.4 Å². The van der Waals surface area contributed by atoms with E-state index in [4.69, 9.17) is 0 Å². The normalized spacial score (nSPS) is 21.3. The van der Waals surface area contributed by atoms with Gasteiger partial charge in [0.25, 0.3) is 15.9 Å². The van der Waals surface area contributed by atoms with Gasteiger partial charge in [0.15, 0.2) is 5.84 Å². The number of rotatable bonds is 7. The molecule has 0 saturated heterocycles. The summed E-state index contributed by atoms with van der Waals surface area (Å²) in [5, 5.41) is 14.0. The number of fused-ring (bicyclic) bond motifs is 2. The van der Waals surface area contributed by atoms with Crippen molar-refractivity contribution in [2.75, 3.05) is 10.0 Å². The topological polar surface area (TPSA) is 145 Å². The Bertz CT molecular complexity index is 1840.